The lowest BCUT2D eigenvalue weighted by molar-refractivity contribution is 0.0682. The molecule has 1 aromatic carbocycles. The predicted octanol–water partition coefficient (Wildman–Crippen LogP) is 2.82. The molecule has 4 heteroatoms. The third-order valence-electron chi connectivity index (χ3n) is 3.32. The largest absolute Gasteiger partial charge is 0.393 e. The summed E-state index contributed by atoms with van der Waals surface area (Å²) >= 11 is 3.38. The van der Waals surface area contributed by atoms with Crippen LogP contribution in [0.3, 0.4) is 0 Å². The number of carbonyl (C=O) groups excluding carboxylic acids is 1. The van der Waals surface area contributed by atoms with Gasteiger partial charge in [0.25, 0.3) is 5.91 Å². The quantitative estimate of drug-likeness (QED) is 0.932. The zero-order valence-electron chi connectivity index (χ0n) is 10.5. The lowest BCUT2D eigenvalue weighted by atomic mass is 10.1. The number of hydrogen-bond donors (Lipinski definition) is 1. The van der Waals surface area contributed by atoms with Gasteiger partial charge in [0.2, 0.25) is 0 Å². The van der Waals surface area contributed by atoms with Gasteiger partial charge >= 0.3 is 0 Å². The van der Waals surface area contributed by atoms with Crippen LogP contribution in [-0.2, 0) is 0 Å². The lowest BCUT2D eigenvalue weighted by Crippen LogP contribution is -2.37. The monoisotopic (exact) mass is 311 g/mol. The maximum absolute atomic E-state index is 12.4. The Hall–Kier alpha value is -0.870. The fourth-order valence-corrected chi connectivity index (χ4v) is 2.93. The van der Waals surface area contributed by atoms with E-state index in [1.165, 1.54) is 0 Å². The van der Waals surface area contributed by atoms with E-state index < -0.39 is 0 Å². The second-order valence-corrected chi connectivity index (χ2v) is 5.81. The van der Waals surface area contributed by atoms with Crippen molar-refractivity contribution in [3.05, 3.63) is 34.3 Å². The van der Waals surface area contributed by atoms with Crippen LogP contribution in [0.25, 0.3) is 0 Å². The van der Waals surface area contributed by atoms with Crippen LogP contribution in [0.2, 0.25) is 0 Å². The third-order valence-corrected chi connectivity index (χ3v) is 3.82. The molecule has 98 valence electrons. The Labute approximate surface area is 116 Å². The first kappa shape index (κ1) is 13.6. The molecule has 1 aromatic rings. The molecular formula is C14H18BrNO2. The molecule has 0 radical (unpaired) electrons. The average Bonchev–Trinajstić information content (AvgIpc) is 2.75. The molecule has 0 bridgehead atoms. The van der Waals surface area contributed by atoms with E-state index in [1.54, 1.807) is 6.92 Å². The van der Waals surface area contributed by atoms with Gasteiger partial charge in [-0.3, -0.25) is 4.79 Å². The van der Waals surface area contributed by atoms with E-state index in [2.05, 4.69) is 15.9 Å². The Morgan fingerprint density at radius 2 is 2.39 bits per heavy atom. The fourth-order valence-electron chi connectivity index (χ4n) is 2.53. The van der Waals surface area contributed by atoms with E-state index in [1.807, 2.05) is 29.2 Å². The third kappa shape index (κ3) is 3.12. The summed E-state index contributed by atoms with van der Waals surface area (Å²) in [6.45, 7) is 2.57. The first-order valence-electron chi connectivity index (χ1n) is 6.32. The van der Waals surface area contributed by atoms with Crippen LogP contribution in [0.4, 0.5) is 0 Å². The normalized spacial score (nSPS) is 21.1. The first-order chi connectivity index (χ1) is 8.58. The van der Waals surface area contributed by atoms with Crippen LogP contribution in [0.15, 0.2) is 28.7 Å². The van der Waals surface area contributed by atoms with Crippen molar-refractivity contribution >= 4 is 21.8 Å². The molecule has 1 fully saturated rings. The molecule has 1 amide bonds. The summed E-state index contributed by atoms with van der Waals surface area (Å²) in [6, 6.07) is 7.65. The molecule has 1 aliphatic rings. The number of halogens is 1. The summed E-state index contributed by atoms with van der Waals surface area (Å²) in [4.78, 5) is 14.3. The van der Waals surface area contributed by atoms with Gasteiger partial charge < -0.3 is 10.0 Å². The Kier molecular flexibility index (Phi) is 4.40. The van der Waals surface area contributed by atoms with Crippen molar-refractivity contribution in [1.29, 1.82) is 0 Å². The first-order valence-corrected chi connectivity index (χ1v) is 7.12. The number of amides is 1. The summed E-state index contributed by atoms with van der Waals surface area (Å²) in [6.07, 6.45) is 2.33. The molecule has 1 N–H and O–H groups in total. The molecule has 1 heterocycles. The number of nitrogens with zero attached hydrogens (tertiary/aromatic N) is 1. The van der Waals surface area contributed by atoms with Crippen LogP contribution < -0.4 is 0 Å². The van der Waals surface area contributed by atoms with Gasteiger partial charge in [0.15, 0.2) is 0 Å². The number of likely N-dealkylation sites (tertiary alicyclic amines) is 1. The topological polar surface area (TPSA) is 40.5 Å². The molecule has 3 nitrogen and oxygen atoms in total. The second-order valence-electron chi connectivity index (χ2n) is 4.89. The average molecular weight is 312 g/mol. The maximum atomic E-state index is 12.4. The minimum Gasteiger partial charge on any atom is -0.393 e. The number of hydrogen-bond acceptors (Lipinski definition) is 2. The predicted molar refractivity (Wildman–Crippen MR) is 74.5 cm³/mol. The van der Waals surface area contributed by atoms with E-state index in [-0.39, 0.29) is 18.1 Å². The summed E-state index contributed by atoms with van der Waals surface area (Å²) in [5.41, 5.74) is 0.710. The van der Waals surface area contributed by atoms with Crippen LogP contribution in [0.5, 0.6) is 0 Å². The van der Waals surface area contributed by atoms with Gasteiger partial charge in [-0.05, 0) is 44.4 Å². The van der Waals surface area contributed by atoms with E-state index in [0.29, 0.717) is 12.0 Å². The Bertz CT molecular complexity index is 434. The SMILES string of the molecule is CC(O)CC1CCCN1C(=O)c1cccc(Br)c1. The van der Waals surface area contributed by atoms with Crippen molar-refractivity contribution in [3.63, 3.8) is 0 Å². The van der Waals surface area contributed by atoms with Gasteiger partial charge in [-0.15, -0.1) is 0 Å². The Morgan fingerprint density at radius 1 is 1.61 bits per heavy atom. The van der Waals surface area contributed by atoms with Crippen LogP contribution in [-0.4, -0.2) is 34.6 Å². The minimum atomic E-state index is -0.356. The van der Waals surface area contributed by atoms with Crippen molar-refractivity contribution in [2.75, 3.05) is 6.54 Å². The number of rotatable bonds is 3. The summed E-state index contributed by atoms with van der Waals surface area (Å²) in [5.74, 6) is 0.0689. The van der Waals surface area contributed by atoms with E-state index in [4.69, 9.17) is 0 Å². The van der Waals surface area contributed by atoms with Gasteiger partial charge in [0.1, 0.15) is 0 Å². The van der Waals surface area contributed by atoms with Crippen molar-refractivity contribution in [3.8, 4) is 0 Å². The molecule has 18 heavy (non-hydrogen) atoms. The highest BCUT2D eigenvalue weighted by Crippen LogP contribution is 2.24. The van der Waals surface area contributed by atoms with E-state index in [0.717, 1.165) is 23.9 Å². The number of carbonyl (C=O) groups is 1. The van der Waals surface area contributed by atoms with Crippen molar-refractivity contribution in [2.24, 2.45) is 0 Å². The highest BCUT2D eigenvalue weighted by atomic mass is 79.9. The molecular weight excluding hydrogens is 294 g/mol. The number of aliphatic hydroxyl groups excluding tert-OH is 1. The highest BCUT2D eigenvalue weighted by molar-refractivity contribution is 9.10. The van der Waals surface area contributed by atoms with Gasteiger partial charge in [-0.25, -0.2) is 0 Å². The van der Waals surface area contributed by atoms with Gasteiger partial charge in [0, 0.05) is 22.6 Å². The van der Waals surface area contributed by atoms with Gasteiger partial charge in [0.05, 0.1) is 6.10 Å². The zero-order chi connectivity index (χ0) is 13.1. The smallest absolute Gasteiger partial charge is 0.254 e. The highest BCUT2D eigenvalue weighted by Gasteiger charge is 2.30. The van der Waals surface area contributed by atoms with Crippen LogP contribution in [0, 0.1) is 0 Å². The van der Waals surface area contributed by atoms with E-state index in [9.17, 15) is 9.90 Å². The number of benzene rings is 1. The molecule has 0 spiro atoms. The molecule has 0 saturated carbocycles. The summed E-state index contributed by atoms with van der Waals surface area (Å²) < 4.78 is 0.916. The van der Waals surface area contributed by atoms with Crippen molar-refractivity contribution in [2.45, 2.75) is 38.3 Å². The Morgan fingerprint density at radius 3 is 3.06 bits per heavy atom. The van der Waals surface area contributed by atoms with Gasteiger partial charge in [-0.1, -0.05) is 22.0 Å². The second kappa shape index (κ2) is 5.85. The zero-order valence-corrected chi connectivity index (χ0v) is 12.1. The van der Waals surface area contributed by atoms with Gasteiger partial charge in [-0.2, -0.15) is 0 Å². The molecule has 1 aliphatic heterocycles. The summed E-state index contributed by atoms with van der Waals surface area (Å²) in [7, 11) is 0. The van der Waals surface area contributed by atoms with Crippen molar-refractivity contribution < 1.29 is 9.90 Å². The lowest BCUT2D eigenvalue weighted by Gasteiger charge is -2.25. The molecule has 2 rings (SSSR count). The maximum Gasteiger partial charge on any atom is 0.254 e. The standard InChI is InChI=1S/C14H18BrNO2/c1-10(17)8-13-6-3-7-16(13)14(18)11-4-2-5-12(15)9-11/h2,4-5,9-10,13,17H,3,6-8H2,1H3. The van der Waals surface area contributed by atoms with Crippen LogP contribution in [0.1, 0.15) is 36.5 Å². The fraction of sp³-hybridized carbons (Fsp3) is 0.500. The molecule has 2 atom stereocenters. The molecule has 2 unspecified atom stereocenters. The summed E-state index contributed by atoms with van der Waals surface area (Å²) in [5, 5.41) is 9.48. The van der Waals surface area contributed by atoms with E-state index >= 15 is 0 Å². The Balaban J connectivity index is 2.12. The molecule has 0 aliphatic carbocycles. The van der Waals surface area contributed by atoms with Crippen LogP contribution >= 0.6 is 15.9 Å². The molecule has 1 saturated heterocycles. The number of aliphatic hydroxyl groups is 1. The minimum absolute atomic E-state index is 0.0689. The molecule has 0 aromatic heterocycles. The van der Waals surface area contributed by atoms with Crippen molar-refractivity contribution in [1.82, 2.24) is 4.90 Å².